The molecule has 1 aromatic carbocycles. The number of aromatic nitrogens is 4. The molecule has 3 rings (SSSR count). The highest BCUT2D eigenvalue weighted by Gasteiger charge is 2.03. The molecule has 0 fully saturated rings. The first-order valence-corrected chi connectivity index (χ1v) is 7.91. The molecule has 0 unspecified atom stereocenters. The lowest BCUT2D eigenvalue weighted by atomic mass is 10.2. The van der Waals surface area contributed by atoms with Crippen molar-refractivity contribution in [1.82, 2.24) is 19.6 Å². The smallest absolute Gasteiger partial charge is 0.248 e. The summed E-state index contributed by atoms with van der Waals surface area (Å²) in [7, 11) is 0. The van der Waals surface area contributed by atoms with Crippen LogP contribution in [0.1, 0.15) is 18.1 Å². The summed E-state index contributed by atoms with van der Waals surface area (Å²) in [4.78, 5) is 12.0. The van der Waals surface area contributed by atoms with Gasteiger partial charge >= 0.3 is 0 Å². The van der Waals surface area contributed by atoms with Crippen LogP contribution in [0.4, 0.5) is 10.1 Å². The first kappa shape index (κ1) is 16.6. The van der Waals surface area contributed by atoms with Crippen LogP contribution in [0.2, 0.25) is 0 Å². The minimum absolute atomic E-state index is 0.245. The Balaban J connectivity index is 1.56. The summed E-state index contributed by atoms with van der Waals surface area (Å²) < 4.78 is 16.4. The van der Waals surface area contributed by atoms with Crippen molar-refractivity contribution in [2.75, 3.05) is 5.32 Å². The molecule has 1 N–H and O–H groups in total. The molecule has 0 saturated carbocycles. The van der Waals surface area contributed by atoms with Gasteiger partial charge in [0.15, 0.2) is 0 Å². The van der Waals surface area contributed by atoms with Gasteiger partial charge < -0.3 is 5.32 Å². The van der Waals surface area contributed by atoms with Crippen molar-refractivity contribution in [1.29, 1.82) is 0 Å². The number of halogens is 1. The van der Waals surface area contributed by atoms with Crippen LogP contribution in [0.25, 0.3) is 6.08 Å². The highest BCUT2D eigenvalue weighted by atomic mass is 19.1. The molecule has 0 saturated heterocycles. The quantitative estimate of drug-likeness (QED) is 0.702. The Morgan fingerprint density at radius 2 is 1.92 bits per heavy atom. The van der Waals surface area contributed by atoms with Crippen LogP contribution < -0.4 is 5.32 Å². The van der Waals surface area contributed by atoms with E-state index in [2.05, 4.69) is 15.5 Å². The second kappa shape index (κ2) is 7.57. The summed E-state index contributed by atoms with van der Waals surface area (Å²) in [6.07, 6.45) is 10.0. The maximum absolute atomic E-state index is 12.9. The van der Waals surface area contributed by atoms with Crippen LogP contribution in [-0.4, -0.2) is 25.5 Å². The minimum Gasteiger partial charge on any atom is -0.320 e. The first-order valence-electron chi connectivity index (χ1n) is 7.91. The zero-order valence-corrected chi connectivity index (χ0v) is 13.8. The molecule has 2 aromatic heterocycles. The number of rotatable bonds is 6. The Kier molecular flexibility index (Phi) is 5.03. The van der Waals surface area contributed by atoms with Crippen LogP contribution >= 0.6 is 0 Å². The Morgan fingerprint density at radius 1 is 1.16 bits per heavy atom. The average Bonchev–Trinajstić information content (AvgIpc) is 3.24. The highest BCUT2D eigenvalue weighted by Crippen LogP contribution is 2.09. The lowest BCUT2D eigenvalue weighted by molar-refractivity contribution is -0.111. The van der Waals surface area contributed by atoms with Crippen LogP contribution in [0.3, 0.4) is 0 Å². The molecular weight excluding hydrogens is 321 g/mol. The normalized spacial score (nSPS) is 11.1. The van der Waals surface area contributed by atoms with Gasteiger partial charge in [-0.3, -0.25) is 14.2 Å². The summed E-state index contributed by atoms with van der Waals surface area (Å²) in [5, 5.41) is 11.1. The van der Waals surface area contributed by atoms with E-state index in [1.807, 2.05) is 13.1 Å². The van der Waals surface area contributed by atoms with E-state index >= 15 is 0 Å². The van der Waals surface area contributed by atoms with E-state index in [1.165, 1.54) is 18.2 Å². The molecule has 0 aliphatic rings. The van der Waals surface area contributed by atoms with Crippen LogP contribution in [-0.2, 0) is 17.9 Å². The first-order chi connectivity index (χ1) is 12.1. The van der Waals surface area contributed by atoms with Crippen molar-refractivity contribution in [2.24, 2.45) is 0 Å². The van der Waals surface area contributed by atoms with Gasteiger partial charge in [0, 0.05) is 30.6 Å². The second-order valence-electron chi connectivity index (χ2n) is 5.51. The molecule has 2 heterocycles. The SMILES string of the molecule is CCn1cc(/C=C/C(=O)Nc2cnn(Cc3ccc(F)cc3)c2)cn1. The van der Waals surface area contributed by atoms with Crippen LogP contribution in [0.15, 0.2) is 55.1 Å². The van der Waals surface area contributed by atoms with Gasteiger partial charge in [0.25, 0.3) is 0 Å². The van der Waals surface area contributed by atoms with E-state index in [0.29, 0.717) is 12.2 Å². The Morgan fingerprint density at radius 3 is 2.64 bits per heavy atom. The Labute approximate surface area is 144 Å². The summed E-state index contributed by atoms with van der Waals surface area (Å²) in [5.41, 5.74) is 2.39. The summed E-state index contributed by atoms with van der Waals surface area (Å²) in [6.45, 7) is 3.28. The van der Waals surface area contributed by atoms with Gasteiger partial charge in [0.1, 0.15) is 5.82 Å². The molecule has 1 amide bonds. The van der Waals surface area contributed by atoms with E-state index in [9.17, 15) is 9.18 Å². The van der Waals surface area contributed by atoms with E-state index in [1.54, 1.807) is 46.2 Å². The molecule has 0 bridgehead atoms. The van der Waals surface area contributed by atoms with E-state index < -0.39 is 0 Å². The largest absolute Gasteiger partial charge is 0.320 e. The number of hydrogen-bond acceptors (Lipinski definition) is 3. The predicted octanol–water partition coefficient (Wildman–Crippen LogP) is 2.94. The summed E-state index contributed by atoms with van der Waals surface area (Å²) in [5.74, 6) is -0.515. The molecule has 6 nitrogen and oxygen atoms in total. The van der Waals surface area contributed by atoms with Crippen molar-refractivity contribution < 1.29 is 9.18 Å². The minimum atomic E-state index is -0.270. The number of benzene rings is 1. The third kappa shape index (κ3) is 4.63. The van der Waals surface area contributed by atoms with Crippen LogP contribution in [0, 0.1) is 5.82 Å². The molecule has 128 valence electrons. The monoisotopic (exact) mass is 339 g/mol. The van der Waals surface area contributed by atoms with E-state index in [-0.39, 0.29) is 11.7 Å². The van der Waals surface area contributed by atoms with Crippen molar-refractivity contribution in [3.63, 3.8) is 0 Å². The Bertz CT molecular complexity index is 879. The molecule has 7 heteroatoms. The fourth-order valence-electron chi connectivity index (χ4n) is 2.29. The summed E-state index contributed by atoms with van der Waals surface area (Å²) in [6, 6.07) is 6.23. The molecule has 0 aliphatic heterocycles. The highest BCUT2D eigenvalue weighted by molar-refractivity contribution is 6.01. The van der Waals surface area contributed by atoms with Crippen molar-refractivity contribution in [3.8, 4) is 0 Å². The molecule has 25 heavy (non-hydrogen) atoms. The summed E-state index contributed by atoms with van der Waals surface area (Å²) >= 11 is 0. The predicted molar refractivity (Wildman–Crippen MR) is 93.3 cm³/mol. The number of anilines is 1. The van der Waals surface area contributed by atoms with Gasteiger partial charge in [-0.05, 0) is 30.7 Å². The lowest BCUT2D eigenvalue weighted by Crippen LogP contribution is -2.07. The maximum atomic E-state index is 12.9. The lowest BCUT2D eigenvalue weighted by Gasteiger charge is -2.01. The van der Waals surface area contributed by atoms with E-state index in [4.69, 9.17) is 0 Å². The average molecular weight is 339 g/mol. The van der Waals surface area contributed by atoms with Gasteiger partial charge in [-0.1, -0.05) is 12.1 Å². The number of nitrogens with zero attached hydrogens (tertiary/aromatic N) is 4. The topological polar surface area (TPSA) is 64.7 Å². The zero-order valence-electron chi connectivity index (χ0n) is 13.8. The third-order valence-electron chi connectivity index (χ3n) is 3.56. The fourth-order valence-corrected chi connectivity index (χ4v) is 2.29. The molecule has 0 radical (unpaired) electrons. The van der Waals surface area contributed by atoms with Gasteiger partial charge in [-0.15, -0.1) is 0 Å². The van der Waals surface area contributed by atoms with Gasteiger partial charge in [-0.2, -0.15) is 10.2 Å². The molecule has 3 aromatic rings. The van der Waals surface area contributed by atoms with Crippen molar-refractivity contribution in [2.45, 2.75) is 20.0 Å². The Hall–Kier alpha value is -3.22. The van der Waals surface area contributed by atoms with Gasteiger partial charge in [0.2, 0.25) is 5.91 Å². The van der Waals surface area contributed by atoms with Crippen LogP contribution in [0.5, 0.6) is 0 Å². The molecule has 0 aliphatic carbocycles. The molecule has 0 atom stereocenters. The number of hydrogen-bond donors (Lipinski definition) is 1. The van der Waals surface area contributed by atoms with E-state index in [0.717, 1.165) is 17.7 Å². The second-order valence-corrected chi connectivity index (χ2v) is 5.51. The van der Waals surface area contributed by atoms with Gasteiger partial charge in [-0.25, -0.2) is 4.39 Å². The zero-order chi connectivity index (χ0) is 17.6. The van der Waals surface area contributed by atoms with Crippen molar-refractivity contribution >= 4 is 17.7 Å². The van der Waals surface area contributed by atoms with Gasteiger partial charge in [0.05, 0.1) is 24.6 Å². The number of carbonyl (C=O) groups excluding carboxylic acids is 1. The number of nitrogens with one attached hydrogen (secondary N) is 1. The number of carbonyl (C=O) groups is 1. The molecule has 0 spiro atoms. The fraction of sp³-hybridized carbons (Fsp3) is 0.167. The standard InChI is InChI=1S/C18H18FN5O/c1-2-23-12-15(9-20-23)5-8-18(25)22-17-10-21-24(13-17)11-14-3-6-16(19)7-4-14/h3-10,12-13H,2,11H2,1H3,(H,22,25)/b8-5+. The van der Waals surface area contributed by atoms with Crippen molar-refractivity contribution in [3.05, 3.63) is 72.1 Å². The number of amides is 1. The molecular formula is C18H18FN5O. The maximum Gasteiger partial charge on any atom is 0.248 e. The third-order valence-corrected chi connectivity index (χ3v) is 3.56. The number of aryl methyl sites for hydroxylation is 1.